The van der Waals surface area contributed by atoms with Gasteiger partial charge in [0.05, 0.1) is 37.2 Å². The number of rotatable bonds is 0. The molecule has 0 fully saturated rings. The number of hydrogen-bond acceptors (Lipinski definition) is 2. The summed E-state index contributed by atoms with van der Waals surface area (Å²) in [5, 5.41) is 5.01. The molecule has 0 aliphatic carbocycles. The summed E-state index contributed by atoms with van der Waals surface area (Å²) in [6.45, 7) is 1.93. The minimum absolute atomic E-state index is 0.731. The van der Waals surface area contributed by atoms with E-state index in [1.54, 1.807) is 2.90 Å². The summed E-state index contributed by atoms with van der Waals surface area (Å²) >= 11 is 12.7. The van der Waals surface area contributed by atoms with Crippen LogP contribution in [0.1, 0.15) is 5.69 Å². The van der Waals surface area contributed by atoms with E-state index in [1.165, 1.54) is 0 Å². The summed E-state index contributed by atoms with van der Waals surface area (Å²) in [5.74, 6) is 0. The van der Waals surface area contributed by atoms with E-state index in [2.05, 4.69) is 78.1 Å². The van der Waals surface area contributed by atoms with E-state index >= 15 is 0 Å². The molecule has 0 aliphatic heterocycles. The lowest BCUT2D eigenvalue weighted by Gasteiger charge is -2.01. The number of pyridine rings is 1. The van der Waals surface area contributed by atoms with Crippen LogP contribution in [0, 0.1) is 14.2 Å². The topological polar surface area (TPSA) is 30.7 Å². The summed E-state index contributed by atoms with van der Waals surface area (Å²) in [7, 11) is 0. The van der Waals surface area contributed by atoms with Crippen molar-refractivity contribution in [3.63, 3.8) is 0 Å². The van der Waals surface area contributed by atoms with Crippen LogP contribution in [-0.4, -0.2) is 13.0 Å². The molecular weight excluding hydrogens is 542 g/mol. The SMILES string of the molecule is Cc1nn(I)c2c(Cl)c(I)c(I)nc12. The van der Waals surface area contributed by atoms with Gasteiger partial charge < -0.3 is 0 Å². The van der Waals surface area contributed by atoms with Crippen molar-refractivity contribution in [2.24, 2.45) is 0 Å². The molecule has 0 saturated carbocycles. The van der Waals surface area contributed by atoms with E-state index in [1.807, 2.05) is 6.92 Å². The first-order valence-corrected chi connectivity index (χ1v) is 7.08. The van der Waals surface area contributed by atoms with E-state index in [0.29, 0.717) is 0 Å². The highest BCUT2D eigenvalue weighted by molar-refractivity contribution is 14.1. The Morgan fingerprint density at radius 3 is 2.64 bits per heavy atom. The monoisotopic (exact) mass is 545 g/mol. The Morgan fingerprint density at radius 1 is 1.36 bits per heavy atom. The molecule has 0 radical (unpaired) electrons. The minimum Gasteiger partial charge on any atom is -0.237 e. The van der Waals surface area contributed by atoms with Crippen LogP contribution in [0.2, 0.25) is 5.02 Å². The second kappa shape index (κ2) is 4.17. The third kappa shape index (κ3) is 1.75. The van der Waals surface area contributed by atoms with Crippen LogP contribution in [-0.2, 0) is 0 Å². The highest BCUT2D eigenvalue weighted by Crippen LogP contribution is 2.32. The van der Waals surface area contributed by atoms with Gasteiger partial charge in [0.2, 0.25) is 0 Å². The maximum Gasteiger partial charge on any atom is 0.118 e. The maximum absolute atomic E-state index is 6.23. The minimum atomic E-state index is 0.731. The Kier molecular flexibility index (Phi) is 3.45. The van der Waals surface area contributed by atoms with Crippen molar-refractivity contribution < 1.29 is 0 Å². The Morgan fingerprint density at radius 2 is 2.00 bits per heavy atom. The van der Waals surface area contributed by atoms with Crippen LogP contribution in [0.15, 0.2) is 0 Å². The third-order valence-electron chi connectivity index (χ3n) is 1.78. The number of aryl methyl sites for hydroxylation is 1. The quantitative estimate of drug-likeness (QED) is 0.373. The second-order valence-corrected chi connectivity index (χ2v) is 6.07. The molecule has 2 heterocycles. The predicted molar refractivity (Wildman–Crippen MR) is 82.1 cm³/mol. The summed E-state index contributed by atoms with van der Waals surface area (Å²) < 4.78 is 3.65. The molecule has 0 amide bonds. The number of aromatic nitrogens is 3. The van der Waals surface area contributed by atoms with E-state index in [9.17, 15) is 0 Å². The van der Waals surface area contributed by atoms with Gasteiger partial charge in [-0.05, 0) is 52.1 Å². The summed E-state index contributed by atoms with van der Waals surface area (Å²) in [6, 6.07) is 0. The highest BCUT2D eigenvalue weighted by Gasteiger charge is 2.16. The molecule has 74 valence electrons. The van der Waals surface area contributed by atoms with Crippen LogP contribution >= 0.6 is 79.6 Å². The standard InChI is InChI=1S/C7H3ClI3N3/c1-2-5-6(14(11)13-2)3(8)4(9)7(10)12-5/h1H3. The molecule has 7 heteroatoms. The molecule has 0 N–H and O–H groups in total. The van der Waals surface area contributed by atoms with E-state index < -0.39 is 0 Å². The molecule has 0 spiro atoms. The van der Waals surface area contributed by atoms with Crippen LogP contribution in [0.5, 0.6) is 0 Å². The zero-order chi connectivity index (χ0) is 10.5. The average molecular weight is 545 g/mol. The average Bonchev–Trinajstić information content (AvgIpc) is 2.38. The molecule has 2 aromatic heterocycles. The van der Waals surface area contributed by atoms with Crippen molar-refractivity contribution in [3.05, 3.63) is 18.0 Å². The zero-order valence-corrected chi connectivity index (χ0v) is 14.1. The summed E-state index contributed by atoms with van der Waals surface area (Å²) in [4.78, 5) is 4.46. The Bertz CT molecular complexity index is 523. The molecule has 2 aromatic rings. The number of halogens is 4. The Labute approximate surface area is 127 Å². The lowest BCUT2D eigenvalue weighted by Crippen LogP contribution is -1.91. The van der Waals surface area contributed by atoms with Gasteiger partial charge in [0.25, 0.3) is 0 Å². The van der Waals surface area contributed by atoms with Gasteiger partial charge >= 0.3 is 0 Å². The maximum atomic E-state index is 6.23. The fourth-order valence-corrected chi connectivity index (χ4v) is 3.39. The van der Waals surface area contributed by atoms with Crippen LogP contribution in [0.25, 0.3) is 11.0 Å². The zero-order valence-electron chi connectivity index (χ0n) is 6.85. The first-order chi connectivity index (χ1) is 6.52. The first-order valence-electron chi connectivity index (χ1n) is 3.58. The van der Waals surface area contributed by atoms with E-state index in [0.717, 1.165) is 29.0 Å². The molecule has 0 bridgehead atoms. The number of fused-ring (bicyclic) bond motifs is 1. The van der Waals surface area contributed by atoms with Crippen LogP contribution in [0.3, 0.4) is 0 Å². The van der Waals surface area contributed by atoms with Crippen molar-refractivity contribution in [1.29, 1.82) is 0 Å². The number of hydrogen-bond donors (Lipinski definition) is 0. The van der Waals surface area contributed by atoms with Gasteiger partial charge in [-0.3, -0.25) is 0 Å². The Hall–Kier alpha value is 1.10. The van der Waals surface area contributed by atoms with Gasteiger partial charge in [0.1, 0.15) is 14.7 Å². The predicted octanol–water partition coefficient (Wildman–Crippen LogP) is 3.80. The summed E-state index contributed by atoms with van der Waals surface area (Å²) in [5.41, 5.74) is 2.69. The highest BCUT2D eigenvalue weighted by atomic mass is 127. The van der Waals surface area contributed by atoms with Crippen LogP contribution < -0.4 is 0 Å². The fraction of sp³-hybridized carbons (Fsp3) is 0.143. The third-order valence-corrected chi connectivity index (χ3v) is 6.03. The lowest BCUT2D eigenvalue weighted by molar-refractivity contribution is 1.04. The smallest absolute Gasteiger partial charge is 0.118 e. The van der Waals surface area contributed by atoms with Crippen molar-refractivity contribution in [3.8, 4) is 0 Å². The van der Waals surface area contributed by atoms with Gasteiger partial charge in [-0.1, -0.05) is 11.6 Å². The molecule has 0 saturated heterocycles. The fourth-order valence-electron chi connectivity index (χ4n) is 1.15. The second-order valence-electron chi connectivity index (χ2n) is 2.67. The first kappa shape index (κ1) is 11.6. The molecule has 14 heavy (non-hydrogen) atoms. The van der Waals surface area contributed by atoms with Gasteiger partial charge in [-0.25, -0.2) is 7.88 Å². The van der Waals surface area contributed by atoms with Gasteiger partial charge in [0, 0.05) is 0 Å². The lowest BCUT2D eigenvalue weighted by atomic mass is 10.3. The number of nitrogens with zero attached hydrogens (tertiary/aromatic N) is 3. The van der Waals surface area contributed by atoms with Crippen LogP contribution in [0.4, 0.5) is 0 Å². The molecule has 0 unspecified atom stereocenters. The largest absolute Gasteiger partial charge is 0.237 e. The molecule has 0 aliphatic rings. The molecule has 0 atom stereocenters. The van der Waals surface area contributed by atoms with E-state index in [-0.39, 0.29) is 0 Å². The molecule has 2 rings (SSSR count). The van der Waals surface area contributed by atoms with E-state index in [4.69, 9.17) is 11.6 Å². The molecular formula is C7H3ClI3N3. The van der Waals surface area contributed by atoms with Crippen molar-refractivity contribution in [2.45, 2.75) is 6.92 Å². The summed E-state index contributed by atoms with van der Waals surface area (Å²) in [6.07, 6.45) is 0. The van der Waals surface area contributed by atoms with Crippen molar-refractivity contribution in [2.75, 3.05) is 0 Å². The van der Waals surface area contributed by atoms with Crippen molar-refractivity contribution >= 4 is 90.7 Å². The van der Waals surface area contributed by atoms with Crippen molar-refractivity contribution in [1.82, 2.24) is 13.0 Å². The Balaban J connectivity index is 3.01. The van der Waals surface area contributed by atoms with Gasteiger partial charge in [-0.15, -0.1) is 0 Å². The normalized spacial score (nSPS) is 11.2. The van der Waals surface area contributed by atoms with Gasteiger partial charge in [0.15, 0.2) is 0 Å². The molecule has 0 aromatic carbocycles. The molecule has 3 nitrogen and oxygen atoms in total. The van der Waals surface area contributed by atoms with Gasteiger partial charge in [-0.2, -0.15) is 5.10 Å².